The molecule has 3 rings (SSSR count). The molecule has 0 bridgehead atoms. The number of hydrogen-bond donors (Lipinski definition) is 1. The molecule has 1 aliphatic heterocycles. The molecule has 4 nitrogen and oxygen atoms in total. The van der Waals surface area contributed by atoms with Crippen molar-refractivity contribution >= 4 is 0 Å². The minimum absolute atomic E-state index is 0.260. The molecule has 1 heterocycles. The van der Waals surface area contributed by atoms with Gasteiger partial charge in [0.25, 0.3) is 0 Å². The van der Waals surface area contributed by atoms with Gasteiger partial charge in [-0.3, -0.25) is 0 Å². The summed E-state index contributed by atoms with van der Waals surface area (Å²) in [5.41, 5.74) is 0. The third kappa shape index (κ3) is 3.01. The number of nitrogens with one attached hydrogen (secondary N) is 1. The summed E-state index contributed by atoms with van der Waals surface area (Å²) in [5.74, 6) is 2.47. The number of hydrogen-bond acceptors (Lipinski definition) is 4. The lowest BCUT2D eigenvalue weighted by Gasteiger charge is -2.32. The van der Waals surface area contributed by atoms with E-state index in [1.165, 1.54) is 19.3 Å². The topological polar surface area (TPSA) is 39.7 Å². The molecule has 2 atom stereocenters. The molecule has 4 heteroatoms. The van der Waals surface area contributed by atoms with Crippen molar-refractivity contribution in [3.8, 4) is 17.2 Å². The fourth-order valence-electron chi connectivity index (χ4n) is 2.93. The van der Waals surface area contributed by atoms with Gasteiger partial charge in [-0.25, -0.2) is 0 Å². The molecule has 1 aliphatic carbocycles. The fourth-order valence-corrected chi connectivity index (χ4v) is 2.93. The molecular weight excluding hydrogens is 254 g/mol. The SMILES string of the molecule is CCCNC1CCCCC1Oc1ccc2c(c1)OCO2. The van der Waals surface area contributed by atoms with Crippen molar-refractivity contribution in [3.63, 3.8) is 0 Å². The highest BCUT2D eigenvalue weighted by molar-refractivity contribution is 5.46. The van der Waals surface area contributed by atoms with Crippen LogP contribution >= 0.6 is 0 Å². The largest absolute Gasteiger partial charge is 0.489 e. The highest BCUT2D eigenvalue weighted by Crippen LogP contribution is 2.36. The van der Waals surface area contributed by atoms with Gasteiger partial charge in [-0.2, -0.15) is 0 Å². The summed E-state index contributed by atoms with van der Waals surface area (Å²) in [6.07, 6.45) is 6.29. The van der Waals surface area contributed by atoms with Gasteiger partial charge in [0.2, 0.25) is 6.79 Å². The van der Waals surface area contributed by atoms with Crippen LogP contribution in [0.25, 0.3) is 0 Å². The molecule has 110 valence electrons. The molecule has 0 saturated heterocycles. The van der Waals surface area contributed by atoms with Crippen LogP contribution in [0, 0.1) is 0 Å². The predicted molar refractivity (Wildman–Crippen MR) is 77.5 cm³/mol. The first-order valence-corrected chi connectivity index (χ1v) is 7.66. The maximum absolute atomic E-state index is 6.19. The van der Waals surface area contributed by atoms with Gasteiger partial charge in [0.15, 0.2) is 11.5 Å². The fraction of sp³-hybridized carbons (Fsp3) is 0.625. The summed E-state index contributed by atoms with van der Waals surface area (Å²) in [7, 11) is 0. The Morgan fingerprint density at radius 1 is 1.20 bits per heavy atom. The summed E-state index contributed by atoms with van der Waals surface area (Å²) in [4.78, 5) is 0. The van der Waals surface area contributed by atoms with E-state index in [-0.39, 0.29) is 6.10 Å². The van der Waals surface area contributed by atoms with Crippen LogP contribution in [0.1, 0.15) is 39.0 Å². The highest BCUT2D eigenvalue weighted by atomic mass is 16.7. The Balaban J connectivity index is 1.65. The Morgan fingerprint density at radius 3 is 2.95 bits per heavy atom. The summed E-state index contributed by atoms with van der Waals surface area (Å²) in [6.45, 7) is 3.57. The minimum atomic E-state index is 0.260. The van der Waals surface area contributed by atoms with Gasteiger partial charge in [0, 0.05) is 12.1 Å². The van der Waals surface area contributed by atoms with Crippen molar-refractivity contribution in [3.05, 3.63) is 18.2 Å². The first-order valence-electron chi connectivity index (χ1n) is 7.66. The molecule has 1 aromatic carbocycles. The molecule has 1 saturated carbocycles. The summed E-state index contributed by atoms with van der Waals surface area (Å²) >= 11 is 0. The molecule has 2 aliphatic rings. The first kappa shape index (κ1) is 13.6. The van der Waals surface area contributed by atoms with Gasteiger partial charge in [0.05, 0.1) is 0 Å². The minimum Gasteiger partial charge on any atom is -0.489 e. The molecule has 0 spiro atoms. The highest BCUT2D eigenvalue weighted by Gasteiger charge is 2.26. The van der Waals surface area contributed by atoms with Crippen molar-refractivity contribution in [2.24, 2.45) is 0 Å². The van der Waals surface area contributed by atoms with Gasteiger partial charge in [0.1, 0.15) is 11.9 Å². The van der Waals surface area contributed by atoms with Gasteiger partial charge in [-0.15, -0.1) is 0 Å². The second-order valence-corrected chi connectivity index (χ2v) is 5.52. The Hall–Kier alpha value is -1.42. The maximum Gasteiger partial charge on any atom is 0.231 e. The van der Waals surface area contributed by atoms with Crippen molar-refractivity contribution in [2.45, 2.75) is 51.2 Å². The van der Waals surface area contributed by atoms with Crippen LogP contribution in [-0.4, -0.2) is 25.5 Å². The standard InChI is InChI=1S/C16H23NO3/c1-2-9-17-13-5-3-4-6-14(13)20-12-7-8-15-16(10-12)19-11-18-15/h7-8,10,13-14,17H,2-6,9,11H2,1H3. The van der Waals surface area contributed by atoms with Crippen molar-refractivity contribution in [1.29, 1.82) is 0 Å². The van der Waals surface area contributed by atoms with Gasteiger partial charge in [-0.1, -0.05) is 13.3 Å². The lowest BCUT2D eigenvalue weighted by Crippen LogP contribution is -2.45. The average molecular weight is 277 g/mol. The van der Waals surface area contributed by atoms with E-state index in [2.05, 4.69) is 12.2 Å². The van der Waals surface area contributed by atoms with Gasteiger partial charge < -0.3 is 19.5 Å². The lowest BCUT2D eigenvalue weighted by molar-refractivity contribution is 0.113. The summed E-state index contributed by atoms with van der Waals surface area (Å²) in [5, 5.41) is 3.61. The monoisotopic (exact) mass is 277 g/mol. The van der Waals surface area contributed by atoms with Crippen LogP contribution in [0.2, 0.25) is 0 Å². The third-order valence-corrected chi connectivity index (χ3v) is 3.99. The zero-order valence-electron chi connectivity index (χ0n) is 12.1. The number of fused-ring (bicyclic) bond motifs is 1. The van der Waals surface area contributed by atoms with Crippen LogP contribution in [0.4, 0.5) is 0 Å². The second kappa shape index (κ2) is 6.35. The van der Waals surface area contributed by atoms with Crippen LogP contribution in [0.3, 0.4) is 0 Å². The predicted octanol–water partition coefficient (Wildman–Crippen LogP) is 3.10. The molecular formula is C16H23NO3. The molecule has 0 amide bonds. The van der Waals surface area contributed by atoms with Crippen molar-refractivity contribution < 1.29 is 14.2 Å². The second-order valence-electron chi connectivity index (χ2n) is 5.52. The average Bonchev–Trinajstić information content (AvgIpc) is 2.94. The molecule has 20 heavy (non-hydrogen) atoms. The molecule has 2 unspecified atom stereocenters. The third-order valence-electron chi connectivity index (χ3n) is 3.99. The van der Waals surface area contributed by atoms with Gasteiger partial charge >= 0.3 is 0 Å². The number of rotatable bonds is 5. The Bertz CT molecular complexity index is 449. The van der Waals surface area contributed by atoms with Gasteiger partial charge in [-0.05, 0) is 44.4 Å². The van der Waals surface area contributed by atoms with Crippen LogP contribution in [0.5, 0.6) is 17.2 Å². The normalized spacial score (nSPS) is 24.6. The number of ether oxygens (including phenoxy) is 3. The van der Waals surface area contributed by atoms with E-state index in [0.717, 1.165) is 36.6 Å². The summed E-state index contributed by atoms with van der Waals surface area (Å²) in [6, 6.07) is 6.30. The number of benzene rings is 1. The van der Waals surface area contributed by atoms with E-state index >= 15 is 0 Å². The van der Waals surface area contributed by atoms with E-state index in [4.69, 9.17) is 14.2 Å². The molecule has 1 N–H and O–H groups in total. The van der Waals surface area contributed by atoms with Crippen LogP contribution in [0.15, 0.2) is 18.2 Å². The first-order chi connectivity index (χ1) is 9.86. The molecule has 1 aromatic rings. The Labute approximate surface area is 120 Å². The van der Waals surface area contributed by atoms with Crippen LogP contribution < -0.4 is 19.5 Å². The van der Waals surface area contributed by atoms with Crippen molar-refractivity contribution in [2.75, 3.05) is 13.3 Å². The lowest BCUT2D eigenvalue weighted by atomic mass is 9.92. The zero-order chi connectivity index (χ0) is 13.8. The Kier molecular flexibility index (Phi) is 4.31. The maximum atomic E-state index is 6.19. The van der Waals surface area contributed by atoms with Crippen LogP contribution in [-0.2, 0) is 0 Å². The quantitative estimate of drug-likeness (QED) is 0.897. The van der Waals surface area contributed by atoms with E-state index < -0.39 is 0 Å². The molecule has 0 radical (unpaired) electrons. The molecule has 1 fully saturated rings. The van der Waals surface area contributed by atoms with Crippen molar-refractivity contribution in [1.82, 2.24) is 5.32 Å². The van der Waals surface area contributed by atoms with E-state index in [1.807, 2.05) is 18.2 Å². The Morgan fingerprint density at radius 2 is 2.05 bits per heavy atom. The molecule has 0 aromatic heterocycles. The summed E-state index contributed by atoms with van der Waals surface area (Å²) < 4.78 is 16.9. The van der Waals surface area contributed by atoms with E-state index in [0.29, 0.717) is 12.8 Å². The smallest absolute Gasteiger partial charge is 0.231 e. The van der Waals surface area contributed by atoms with E-state index in [9.17, 15) is 0 Å². The van der Waals surface area contributed by atoms with E-state index in [1.54, 1.807) is 0 Å². The zero-order valence-corrected chi connectivity index (χ0v) is 12.1.